The fourth-order valence-electron chi connectivity index (χ4n) is 1.88. The molecule has 2 atom stereocenters. The Kier molecular flexibility index (Phi) is 12.1. The molecule has 4 heteroatoms. The van der Waals surface area contributed by atoms with Gasteiger partial charge in [0.05, 0.1) is 0 Å². The van der Waals surface area contributed by atoms with E-state index in [9.17, 15) is 0 Å². The summed E-state index contributed by atoms with van der Waals surface area (Å²) in [6, 6.07) is 1.01. The van der Waals surface area contributed by atoms with Crippen molar-refractivity contribution in [3.05, 3.63) is 0 Å². The van der Waals surface area contributed by atoms with Gasteiger partial charge < -0.3 is 11.1 Å². The minimum atomic E-state index is 0. The number of hydrogen-bond donors (Lipinski definition) is 2. The SMILES string of the molecule is CCCCN[C@@H]1CCCC[C@H]1N.Cl.Cl. The first-order valence-electron chi connectivity index (χ1n) is 5.33. The number of rotatable bonds is 4. The fourth-order valence-corrected chi connectivity index (χ4v) is 1.88. The van der Waals surface area contributed by atoms with Crippen LogP contribution in [0.2, 0.25) is 0 Å². The Balaban J connectivity index is 0. The van der Waals surface area contributed by atoms with Crippen LogP contribution in [-0.4, -0.2) is 18.6 Å². The summed E-state index contributed by atoms with van der Waals surface area (Å²) in [7, 11) is 0. The van der Waals surface area contributed by atoms with Crippen molar-refractivity contribution in [2.24, 2.45) is 5.73 Å². The first kappa shape index (κ1) is 16.9. The molecule has 0 radical (unpaired) electrons. The van der Waals surface area contributed by atoms with Gasteiger partial charge in [0.15, 0.2) is 0 Å². The van der Waals surface area contributed by atoms with Gasteiger partial charge >= 0.3 is 0 Å². The maximum absolute atomic E-state index is 6.00. The number of hydrogen-bond acceptors (Lipinski definition) is 2. The summed E-state index contributed by atoms with van der Waals surface area (Å²) in [6.07, 6.45) is 7.73. The quantitative estimate of drug-likeness (QED) is 0.744. The Labute approximate surface area is 100 Å². The predicted molar refractivity (Wildman–Crippen MR) is 67.6 cm³/mol. The number of nitrogens with one attached hydrogen (secondary N) is 1. The third-order valence-corrected chi connectivity index (χ3v) is 2.76. The second-order valence-corrected chi connectivity index (χ2v) is 3.86. The molecular formula is C10H24Cl2N2. The van der Waals surface area contributed by atoms with Crippen LogP contribution < -0.4 is 11.1 Å². The van der Waals surface area contributed by atoms with Gasteiger partial charge in [-0.3, -0.25) is 0 Å². The highest BCUT2D eigenvalue weighted by Crippen LogP contribution is 2.16. The lowest BCUT2D eigenvalue weighted by atomic mass is 9.91. The van der Waals surface area contributed by atoms with E-state index in [0.717, 1.165) is 6.54 Å². The lowest BCUT2D eigenvalue weighted by molar-refractivity contribution is 0.327. The molecule has 0 aromatic rings. The molecule has 0 heterocycles. The summed E-state index contributed by atoms with van der Waals surface area (Å²) < 4.78 is 0. The monoisotopic (exact) mass is 242 g/mol. The Bertz CT molecular complexity index is 123. The van der Waals surface area contributed by atoms with Crippen molar-refractivity contribution >= 4 is 24.8 Å². The average molecular weight is 243 g/mol. The van der Waals surface area contributed by atoms with Gasteiger partial charge in [-0.1, -0.05) is 26.2 Å². The predicted octanol–water partition coefficient (Wildman–Crippen LogP) is 2.49. The number of nitrogens with two attached hydrogens (primary N) is 1. The van der Waals surface area contributed by atoms with Crippen LogP contribution in [0.15, 0.2) is 0 Å². The summed E-state index contributed by atoms with van der Waals surface area (Å²) in [5, 5.41) is 3.55. The van der Waals surface area contributed by atoms with E-state index in [1.165, 1.54) is 38.5 Å². The molecular weight excluding hydrogens is 219 g/mol. The van der Waals surface area contributed by atoms with Gasteiger partial charge in [0.2, 0.25) is 0 Å². The van der Waals surface area contributed by atoms with Crippen molar-refractivity contribution in [3.63, 3.8) is 0 Å². The highest BCUT2D eigenvalue weighted by Gasteiger charge is 2.20. The van der Waals surface area contributed by atoms with Gasteiger partial charge in [-0.05, 0) is 25.8 Å². The smallest absolute Gasteiger partial charge is 0.0219 e. The van der Waals surface area contributed by atoms with Crippen LogP contribution in [-0.2, 0) is 0 Å². The van der Waals surface area contributed by atoms with E-state index in [-0.39, 0.29) is 24.8 Å². The Hall–Kier alpha value is 0.500. The van der Waals surface area contributed by atoms with E-state index in [4.69, 9.17) is 5.73 Å². The van der Waals surface area contributed by atoms with Crippen molar-refractivity contribution < 1.29 is 0 Å². The maximum Gasteiger partial charge on any atom is 0.0219 e. The Morgan fingerprint density at radius 2 is 1.86 bits per heavy atom. The second kappa shape index (κ2) is 10.0. The molecule has 1 fully saturated rings. The van der Waals surface area contributed by atoms with Gasteiger partial charge in [-0.25, -0.2) is 0 Å². The van der Waals surface area contributed by atoms with Crippen LogP contribution in [0.4, 0.5) is 0 Å². The molecule has 0 bridgehead atoms. The largest absolute Gasteiger partial charge is 0.326 e. The summed E-state index contributed by atoms with van der Waals surface area (Å²) in [5.41, 5.74) is 6.00. The van der Waals surface area contributed by atoms with E-state index in [1.54, 1.807) is 0 Å². The minimum Gasteiger partial charge on any atom is -0.326 e. The molecule has 0 aromatic heterocycles. The minimum absolute atomic E-state index is 0. The fraction of sp³-hybridized carbons (Fsp3) is 1.00. The van der Waals surface area contributed by atoms with Crippen molar-refractivity contribution in [2.75, 3.05) is 6.54 Å². The lowest BCUT2D eigenvalue weighted by Gasteiger charge is -2.29. The van der Waals surface area contributed by atoms with Gasteiger partial charge in [0.25, 0.3) is 0 Å². The van der Waals surface area contributed by atoms with Crippen molar-refractivity contribution in [1.82, 2.24) is 5.32 Å². The van der Waals surface area contributed by atoms with Crippen LogP contribution in [0, 0.1) is 0 Å². The normalized spacial score (nSPS) is 26.1. The molecule has 1 saturated carbocycles. The molecule has 0 unspecified atom stereocenters. The first-order chi connectivity index (χ1) is 5.84. The molecule has 2 nitrogen and oxygen atoms in total. The molecule has 14 heavy (non-hydrogen) atoms. The van der Waals surface area contributed by atoms with Crippen LogP contribution in [0.5, 0.6) is 0 Å². The molecule has 1 rings (SSSR count). The highest BCUT2D eigenvalue weighted by atomic mass is 35.5. The summed E-state index contributed by atoms with van der Waals surface area (Å²) in [5.74, 6) is 0. The molecule has 1 aliphatic carbocycles. The molecule has 0 aliphatic heterocycles. The van der Waals surface area contributed by atoms with E-state index < -0.39 is 0 Å². The van der Waals surface area contributed by atoms with E-state index in [1.807, 2.05) is 0 Å². The third-order valence-electron chi connectivity index (χ3n) is 2.76. The molecule has 3 N–H and O–H groups in total. The molecule has 1 aliphatic rings. The molecule has 0 spiro atoms. The number of halogens is 2. The van der Waals surface area contributed by atoms with E-state index in [0.29, 0.717) is 12.1 Å². The van der Waals surface area contributed by atoms with Gasteiger partial charge in [-0.2, -0.15) is 0 Å². The van der Waals surface area contributed by atoms with Gasteiger partial charge in [-0.15, -0.1) is 24.8 Å². The molecule has 88 valence electrons. The van der Waals surface area contributed by atoms with Gasteiger partial charge in [0.1, 0.15) is 0 Å². The van der Waals surface area contributed by atoms with Crippen molar-refractivity contribution in [2.45, 2.75) is 57.5 Å². The zero-order valence-electron chi connectivity index (χ0n) is 9.00. The second-order valence-electron chi connectivity index (χ2n) is 3.86. The first-order valence-corrected chi connectivity index (χ1v) is 5.33. The summed E-state index contributed by atoms with van der Waals surface area (Å²) in [4.78, 5) is 0. The molecule has 0 saturated heterocycles. The summed E-state index contributed by atoms with van der Waals surface area (Å²) >= 11 is 0. The molecule has 0 aromatic carbocycles. The summed E-state index contributed by atoms with van der Waals surface area (Å²) in [6.45, 7) is 3.37. The zero-order valence-corrected chi connectivity index (χ0v) is 10.6. The van der Waals surface area contributed by atoms with E-state index >= 15 is 0 Å². The zero-order chi connectivity index (χ0) is 8.81. The standard InChI is InChI=1S/C10H22N2.2ClH/c1-2-3-8-12-10-7-5-4-6-9(10)11;;/h9-10,12H,2-8,11H2,1H3;2*1H/t9-,10-;;/m1../s1. The Morgan fingerprint density at radius 3 is 2.43 bits per heavy atom. The average Bonchev–Trinajstić information content (AvgIpc) is 2.09. The van der Waals surface area contributed by atoms with Crippen LogP contribution in [0.25, 0.3) is 0 Å². The number of unbranched alkanes of at least 4 members (excludes halogenated alkanes) is 1. The third kappa shape index (κ3) is 6.07. The topological polar surface area (TPSA) is 38.0 Å². The molecule has 0 amide bonds. The van der Waals surface area contributed by atoms with Crippen LogP contribution in [0.3, 0.4) is 0 Å². The Morgan fingerprint density at radius 1 is 1.21 bits per heavy atom. The highest BCUT2D eigenvalue weighted by molar-refractivity contribution is 5.85. The van der Waals surface area contributed by atoms with Crippen LogP contribution in [0.1, 0.15) is 45.4 Å². The van der Waals surface area contributed by atoms with Crippen molar-refractivity contribution in [1.29, 1.82) is 0 Å². The maximum atomic E-state index is 6.00. The van der Waals surface area contributed by atoms with Crippen LogP contribution >= 0.6 is 24.8 Å². The van der Waals surface area contributed by atoms with Gasteiger partial charge in [0, 0.05) is 12.1 Å². The van der Waals surface area contributed by atoms with Crippen molar-refractivity contribution in [3.8, 4) is 0 Å². The lowest BCUT2D eigenvalue weighted by Crippen LogP contribution is -2.47. The van der Waals surface area contributed by atoms with E-state index in [2.05, 4.69) is 12.2 Å².